The van der Waals surface area contributed by atoms with Gasteiger partial charge in [-0.05, 0) is 12.1 Å². The van der Waals surface area contributed by atoms with E-state index in [0.29, 0.717) is 18.8 Å². The van der Waals surface area contributed by atoms with Gasteiger partial charge in [0.05, 0.1) is 12.1 Å². The number of rotatable bonds is 6. The number of imide groups is 1. The summed E-state index contributed by atoms with van der Waals surface area (Å²) >= 11 is 0. The second kappa shape index (κ2) is 8.19. The molecule has 0 aliphatic carbocycles. The summed E-state index contributed by atoms with van der Waals surface area (Å²) < 4.78 is 0. The predicted octanol–water partition coefficient (Wildman–Crippen LogP) is 2.60. The quantitative estimate of drug-likeness (QED) is 0.677. The summed E-state index contributed by atoms with van der Waals surface area (Å²) in [5.74, 6) is -0.238. The molecule has 1 aliphatic heterocycles. The highest BCUT2D eigenvalue weighted by Crippen LogP contribution is 2.21. The van der Waals surface area contributed by atoms with Gasteiger partial charge in [0, 0.05) is 11.1 Å². The number of carbonyl (C=O) groups is 2. The van der Waals surface area contributed by atoms with E-state index < -0.39 is 0 Å². The Labute approximate surface area is 165 Å². The standard InChI is InChI=1S/C24H22N2O2/c27-23-16-22(24(28)26(23)21-14-8-3-9-15-21)25(17-19-10-4-1-5-11-19)18-20-12-6-2-7-13-20/h1-15,22H,16-18H2/p+1/t22-/m1/s1. The molecule has 4 rings (SSSR count). The van der Waals surface area contributed by atoms with Crippen molar-refractivity contribution < 1.29 is 14.5 Å². The van der Waals surface area contributed by atoms with Crippen molar-refractivity contribution in [3.8, 4) is 0 Å². The fourth-order valence-corrected chi connectivity index (χ4v) is 3.82. The molecule has 0 unspecified atom stereocenters. The Balaban J connectivity index is 1.62. The van der Waals surface area contributed by atoms with Crippen molar-refractivity contribution in [3.63, 3.8) is 0 Å². The molecular formula is C24H23N2O2+. The van der Waals surface area contributed by atoms with Gasteiger partial charge in [0.2, 0.25) is 5.91 Å². The van der Waals surface area contributed by atoms with Crippen molar-refractivity contribution in [1.29, 1.82) is 0 Å². The summed E-state index contributed by atoms with van der Waals surface area (Å²) in [5, 5.41) is 0. The van der Waals surface area contributed by atoms with E-state index in [-0.39, 0.29) is 24.3 Å². The number of benzene rings is 3. The average molecular weight is 371 g/mol. The Hall–Kier alpha value is -3.24. The number of hydrogen-bond acceptors (Lipinski definition) is 2. The maximum Gasteiger partial charge on any atom is 0.292 e. The zero-order valence-electron chi connectivity index (χ0n) is 15.6. The van der Waals surface area contributed by atoms with Crippen LogP contribution in [-0.4, -0.2) is 17.9 Å². The van der Waals surface area contributed by atoms with Crippen LogP contribution in [0.25, 0.3) is 0 Å². The van der Waals surface area contributed by atoms with Crippen molar-refractivity contribution in [2.24, 2.45) is 0 Å². The third-order valence-electron chi connectivity index (χ3n) is 5.20. The number of para-hydroxylation sites is 1. The second-order valence-corrected chi connectivity index (χ2v) is 7.14. The van der Waals surface area contributed by atoms with Crippen LogP contribution in [0.4, 0.5) is 5.69 Å². The van der Waals surface area contributed by atoms with Crippen LogP contribution in [0, 0.1) is 0 Å². The van der Waals surface area contributed by atoms with Gasteiger partial charge in [0.15, 0.2) is 6.04 Å². The fourth-order valence-electron chi connectivity index (χ4n) is 3.82. The molecule has 4 nitrogen and oxygen atoms in total. The number of anilines is 1. The van der Waals surface area contributed by atoms with E-state index in [1.807, 2.05) is 66.7 Å². The minimum absolute atomic E-state index is 0.113. The van der Waals surface area contributed by atoms with Crippen LogP contribution in [0.1, 0.15) is 17.5 Å². The van der Waals surface area contributed by atoms with Gasteiger partial charge in [-0.3, -0.25) is 9.59 Å². The molecule has 3 aromatic carbocycles. The first-order valence-electron chi connectivity index (χ1n) is 9.56. The van der Waals surface area contributed by atoms with Gasteiger partial charge in [-0.2, -0.15) is 0 Å². The lowest BCUT2D eigenvalue weighted by Crippen LogP contribution is -3.14. The normalized spacial score (nSPS) is 16.8. The summed E-state index contributed by atoms with van der Waals surface area (Å²) in [5.41, 5.74) is 2.97. The maximum absolute atomic E-state index is 13.2. The van der Waals surface area contributed by atoms with E-state index >= 15 is 0 Å². The highest BCUT2D eigenvalue weighted by molar-refractivity contribution is 6.21. The molecule has 1 aliphatic rings. The first-order chi connectivity index (χ1) is 13.7. The van der Waals surface area contributed by atoms with Crippen LogP contribution in [0.3, 0.4) is 0 Å². The molecule has 1 saturated heterocycles. The molecule has 2 amide bonds. The van der Waals surface area contributed by atoms with E-state index in [2.05, 4.69) is 24.3 Å². The Morgan fingerprint density at radius 1 is 0.714 bits per heavy atom. The van der Waals surface area contributed by atoms with Gasteiger partial charge < -0.3 is 4.90 Å². The van der Waals surface area contributed by atoms with E-state index in [1.54, 1.807) is 0 Å². The molecular weight excluding hydrogens is 348 g/mol. The third kappa shape index (κ3) is 3.87. The number of nitrogens with zero attached hydrogens (tertiary/aromatic N) is 1. The lowest BCUT2D eigenvalue weighted by atomic mass is 10.1. The van der Waals surface area contributed by atoms with Gasteiger partial charge in [0.25, 0.3) is 5.91 Å². The molecule has 1 N–H and O–H groups in total. The van der Waals surface area contributed by atoms with E-state index in [9.17, 15) is 9.59 Å². The van der Waals surface area contributed by atoms with Crippen LogP contribution in [0.15, 0.2) is 91.0 Å². The summed E-state index contributed by atoms with van der Waals surface area (Å²) in [6.45, 7) is 1.39. The molecule has 0 radical (unpaired) electrons. The van der Waals surface area contributed by atoms with Crippen molar-refractivity contribution in [2.45, 2.75) is 25.6 Å². The van der Waals surface area contributed by atoms with Crippen LogP contribution >= 0.6 is 0 Å². The highest BCUT2D eigenvalue weighted by atomic mass is 16.2. The zero-order valence-corrected chi connectivity index (χ0v) is 15.6. The largest absolute Gasteiger partial charge is 0.317 e. The first-order valence-corrected chi connectivity index (χ1v) is 9.56. The average Bonchev–Trinajstić information content (AvgIpc) is 3.04. The summed E-state index contributed by atoms with van der Waals surface area (Å²) in [6.07, 6.45) is 0.239. The van der Waals surface area contributed by atoms with Crippen LogP contribution in [0.2, 0.25) is 0 Å². The first kappa shape index (κ1) is 18.1. The lowest BCUT2D eigenvalue weighted by molar-refractivity contribution is -0.942. The Morgan fingerprint density at radius 2 is 1.18 bits per heavy atom. The van der Waals surface area contributed by atoms with Crippen molar-refractivity contribution >= 4 is 17.5 Å². The number of amides is 2. The van der Waals surface area contributed by atoms with Crippen LogP contribution in [0.5, 0.6) is 0 Å². The number of quaternary nitrogens is 1. The van der Waals surface area contributed by atoms with Gasteiger partial charge in [-0.15, -0.1) is 0 Å². The molecule has 0 saturated carbocycles. The smallest absolute Gasteiger partial charge is 0.292 e. The van der Waals surface area contributed by atoms with E-state index in [1.165, 1.54) is 4.90 Å². The second-order valence-electron chi connectivity index (χ2n) is 7.14. The van der Waals surface area contributed by atoms with Gasteiger partial charge >= 0.3 is 0 Å². The Kier molecular flexibility index (Phi) is 5.31. The molecule has 140 valence electrons. The molecule has 1 atom stereocenters. The Bertz CT molecular complexity index is 901. The Morgan fingerprint density at radius 3 is 1.68 bits per heavy atom. The molecule has 1 fully saturated rings. The molecule has 28 heavy (non-hydrogen) atoms. The third-order valence-corrected chi connectivity index (χ3v) is 5.20. The summed E-state index contributed by atoms with van der Waals surface area (Å²) in [6, 6.07) is 29.1. The molecule has 3 aromatic rings. The van der Waals surface area contributed by atoms with Crippen LogP contribution in [-0.2, 0) is 22.7 Å². The fraction of sp³-hybridized carbons (Fsp3) is 0.167. The number of nitrogens with one attached hydrogen (secondary N) is 1. The minimum Gasteiger partial charge on any atom is -0.317 e. The van der Waals surface area contributed by atoms with Crippen molar-refractivity contribution in [1.82, 2.24) is 0 Å². The summed E-state index contributed by atoms with van der Waals surface area (Å²) in [4.78, 5) is 28.4. The van der Waals surface area contributed by atoms with E-state index in [0.717, 1.165) is 16.0 Å². The molecule has 0 bridgehead atoms. The van der Waals surface area contributed by atoms with E-state index in [4.69, 9.17) is 0 Å². The monoisotopic (exact) mass is 371 g/mol. The highest BCUT2D eigenvalue weighted by Gasteiger charge is 2.45. The maximum atomic E-state index is 13.2. The topological polar surface area (TPSA) is 41.8 Å². The van der Waals surface area contributed by atoms with Crippen molar-refractivity contribution in [3.05, 3.63) is 102 Å². The minimum atomic E-state index is -0.381. The summed E-state index contributed by atoms with van der Waals surface area (Å²) in [7, 11) is 0. The van der Waals surface area contributed by atoms with Gasteiger partial charge in [-0.1, -0.05) is 78.9 Å². The zero-order chi connectivity index (χ0) is 19.3. The van der Waals surface area contributed by atoms with Crippen molar-refractivity contribution in [2.75, 3.05) is 4.90 Å². The SMILES string of the molecule is O=C1C[C@@H]([NH+](Cc2ccccc2)Cc2ccccc2)C(=O)N1c1ccccc1. The lowest BCUT2D eigenvalue weighted by Gasteiger charge is -2.25. The molecule has 1 heterocycles. The predicted molar refractivity (Wildman–Crippen MR) is 109 cm³/mol. The molecule has 0 spiro atoms. The van der Waals surface area contributed by atoms with Crippen LogP contribution < -0.4 is 9.80 Å². The number of hydrogen-bond donors (Lipinski definition) is 1. The molecule has 4 heteroatoms. The number of carbonyl (C=O) groups excluding carboxylic acids is 2. The van der Waals surface area contributed by atoms with Gasteiger partial charge in [-0.25, -0.2) is 4.90 Å². The van der Waals surface area contributed by atoms with Gasteiger partial charge in [0.1, 0.15) is 13.1 Å². The molecule has 0 aromatic heterocycles.